The number of phenolic OH excluding ortho intramolecular Hbond substituents is 2. The quantitative estimate of drug-likeness (QED) is 0.566. The van der Waals surface area contributed by atoms with Crippen molar-refractivity contribution in [3.05, 3.63) is 57.6 Å². The molecule has 0 spiro atoms. The Morgan fingerprint density at radius 3 is 1.41 bits per heavy atom. The first kappa shape index (κ1) is 21.3. The monoisotopic (exact) mass is 372 g/mol. The van der Waals surface area contributed by atoms with Crippen LogP contribution in [0.3, 0.4) is 0 Å². The second kappa shape index (κ2) is 10.3. The zero-order chi connectivity index (χ0) is 19.8. The Kier molecular flexibility index (Phi) is 8.14. The molecule has 0 amide bonds. The molecular weight excluding hydrogens is 340 g/mol. The van der Waals surface area contributed by atoms with Gasteiger partial charge in [0.25, 0.3) is 0 Å². The highest BCUT2D eigenvalue weighted by molar-refractivity contribution is 5.50. The van der Waals surface area contributed by atoms with Gasteiger partial charge in [0.2, 0.25) is 0 Å². The molecule has 0 saturated carbocycles. The SMILES string of the molecule is CCCOCc1cc(C)cc(Cc2cc(C)cc(COCCC)c2O)c1O. The highest BCUT2D eigenvalue weighted by atomic mass is 16.5. The Labute approximate surface area is 162 Å². The average molecular weight is 373 g/mol. The van der Waals surface area contributed by atoms with Crippen LogP contribution in [0.15, 0.2) is 24.3 Å². The highest BCUT2D eigenvalue weighted by Crippen LogP contribution is 2.32. The summed E-state index contributed by atoms with van der Waals surface area (Å²) in [5.74, 6) is 0.503. The minimum atomic E-state index is 0.251. The van der Waals surface area contributed by atoms with Gasteiger partial charge in [-0.15, -0.1) is 0 Å². The summed E-state index contributed by atoms with van der Waals surface area (Å²) >= 11 is 0. The molecule has 0 aliphatic heterocycles. The first-order valence-corrected chi connectivity index (χ1v) is 9.74. The van der Waals surface area contributed by atoms with Crippen molar-refractivity contribution in [1.82, 2.24) is 0 Å². The molecule has 2 aromatic carbocycles. The molecule has 0 fully saturated rings. The van der Waals surface area contributed by atoms with Gasteiger partial charge in [0.1, 0.15) is 11.5 Å². The smallest absolute Gasteiger partial charge is 0.124 e. The van der Waals surface area contributed by atoms with Crippen molar-refractivity contribution in [3.8, 4) is 11.5 Å². The molecule has 0 bridgehead atoms. The van der Waals surface area contributed by atoms with E-state index in [0.29, 0.717) is 32.8 Å². The van der Waals surface area contributed by atoms with Gasteiger partial charge in [0.15, 0.2) is 0 Å². The van der Waals surface area contributed by atoms with E-state index in [1.807, 2.05) is 38.1 Å². The Bertz CT molecular complexity index is 689. The number of hydrogen-bond donors (Lipinski definition) is 2. The van der Waals surface area contributed by atoms with Crippen molar-refractivity contribution in [2.75, 3.05) is 13.2 Å². The van der Waals surface area contributed by atoms with E-state index in [0.717, 1.165) is 46.2 Å². The van der Waals surface area contributed by atoms with Crippen LogP contribution < -0.4 is 0 Å². The number of benzene rings is 2. The molecule has 0 atom stereocenters. The van der Waals surface area contributed by atoms with Gasteiger partial charge in [-0.05, 0) is 37.8 Å². The fourth-order valence-corrected chi connectivity index (χ4v) is 3.22. The molecule has 0 aliphatic carbocycles. The molecule has 2 aromatic rings. The third-order valence-electron chi connectivity index (χ3n) is 4.42. The first-order valence-electron chi connectivity index (χ1n) is 9.74. The summed E-state index contributed by atoms with van der Waals surface area (Å²) in [5.41, 5.74) is 5.31. The van der Waals surface area contributed by atoms with Crippen molar-refractivity contribution < 1.29 is 19.7 Å². The maximum Gasteiger partial charge on any atom is 0.124 e. The van der Waals surface area contributed by atoms with Crippen LogP contribution in [0.1, 0.15) is 60.1 Å². The molecule has 2 N–H and O–H groups in total. The van der Waals surface area contributed by atoms with E-state index >= 15 is 0 Å². The summed E-state index contributed by atoms with van der Waals surface area (Å²) in [6, 6.07) is 7.84. The maximum atomic E-state index is 10.7. The minimum Gasteiger partial charge on any atom is -0.507 e. The molecule has 4 heteroatoms. The van der Waals surface area contributed by atoms with Gasteiger partial charge in [-0.3, -0.25) is 0 Å². The van der Waals surface area contributed by atoms with Crippen molar-refractivity contribution in [3.63, 3.8) is 0 Å². The van der Waals surface area contributed by atoms with E-state index in [9.17, 15) is 10.2 Å². The molecular formula is C23H32O4. The van der Waals surface area contributed by atoms with Gasteiger partial charge in [-0.2, -0.15) is 0 Å². The number of ether oxygens (including phenoxy) is 2. The zero-order valence-electron chi connectivity index (χ0n) is 17.0. The molecule has 0 aliphatic rings. The fraction of sp³-hybridized carbons (Fsp3) is 0.478. The van der Waals surface area contributed by atoms with E-state index in [2.05, 4.69) is 13.8 Å². The Morgan fingerprint density at radius 1 is 0.667 bits per heavy atom. The van der Waals surface area contributed by atoms with E-state index in [1.165, 1.54) is 0 Å². The number of rotatable bonds is 10. The van der Waals surface area contributed by atoms with Crippen LogP contribution in [-0.4, -0.2) is 23.4 Å². The lowest BCUT2D eigenvalue weighted by Gasteiger charge is -2.15. The lowest BCUT2D eigenvalue weighted by atomic mass is 9.95. The molecule has 2 rings (SSSR count). The van der Waals surface area contributed by atoms with Crippen LogP contribution in [0, 0.1) is 13.8 Å². The predicted molar refractivity (Wildman–Crippen MR) is 108 cm³/mol. The van der Waals surface area contributed by atoms with Crippen LogP contribution in [0.2, 0.25) is 0 Å². The Hall–Kier alpha value is -2.04. The summed E-state index contributed by atoms with van der Waals surface area (Å²) < 4.78 is 11.2. The molecule has 0 aromatic heterocycles. The molecule has 27 heavy (non-hydrogen) atoms. The van der Waals surface area contributed by atoms with Crippen molar-refractivity contribution in [2.45, 2.75) is 60.2 Å². The molecule has 0 heterocycles. The van der Waals surface area contributed by atoms with E-state index in [1.54, 1.807) is 0 Å². The summed E-state index contributed by atoms with van der Waals surface area (Å²) in [4.78, 5) is 0. The second-order valence-electron chi connectivity index (χ2n) is 7.15. The van der Waals surface area contributed by atoms with Gasteiger partial charge in [-0.1, -0.05) is 49.2 Å². The molecule has 148 valence electrons. The Morgan fingerprint density at radius 2 is 1.04 bits per heavy atom. The number of phenols is 2. The Balaban J connectivity index is 2.28. The average Bonchev–Trinajstić information content (AvgIpc) is 2.62. The third kappa shape index (κ3) is 5.98. The number of aryl methyl sites for hydroxylation is 2. The predicted octanol–water partition coefficient (Wildman–Crippen LogP) is 5.16. The van der Waals surface area contributed by atoms with Crippen LogP contribution in [0.5, 0.6) is 11.5 Å². The van der Waals surface area contributed by atoms with E-state index in [4.69, 9.17) is 9.47 Å². The van der Waals surface area contributed by atoms with Crippen molar-refractivity contribution >= 4 is 0 Å². The lowest BCUT2D eigenvalue weighted by molar-refractivity contribution is 0.119. The van der Waals surface area contributed by atoms with E-state index < -0.39 is 0 Å². The van der Waals surface area contributed by atoms with Gasteiger partial charge < -0.3 is 19.7 Å². The highest BCUT2D eigenvalue weighted by Gasteiger charge is 2.14. The van der Waals surface area contributed by atoms with Gasteiger partial charge >= 0.3 is 0 Å². The van der Waals surface area contributed by atoms with Gasteiger partial charge in [-0.25, -0.2) is 0 Å². The standard InChI is InChI=1S/C23H32O4/c1-5-7-26-14-20-11-16(3)9-18(22(20)24)13-19-10-17(4)12-21(23(19)25)15-27-8-6-2/h9-12,24-25H,5-8,13-15H2,1-4H3. The summed E-state index contributed by atoms with van der Waals surface area (Å²) in [6.45, 7) is 10.3. The lowest BCUT2D eigenvalue weighted by Crippen LogP contribution is -2.01. The molecule has 4 nitrogen and oxygen atoms in total. The number of hydrogen-bond acceptors (Lipinski definition) is 4. The maximum absolute atomic E-state index is 10.7. The normalized spacial score (nSPS) is 11.1. The second-order valence-corrected chi connectivity index (χ2v) is 7.15. The first-order chi connectivity index (χ1) is 13.0. The van der Waals surface area contributed by atoms with Crippen LogP contribution in [0.4, 0.5) is 0 Å². The van der Waals surface area contributed by atoms with E-state index in [-0.39, 0.29) is 11.5 Å². The van der Waals surface area contributed by atoms with Crippen molar-refractivity contribution in [2.24, 2.45) is 0 Å². The summed E-state index contributed by atoms with van der Waals surface area (Å²) in [5, 5.41) is 21.4. The third-order valence-corrected chi connectivity index (χ3v) is 4.42. The van der Waals surface area contributed by atoms with Crippen molar-refractivity contribution in [1.29, 1.82) is 0 Å². The largest absolute Gasteiger partial charge is 0.507 e. The topological polar surface area (TPSA) is 58.9 Å². The van der Waals surface area contributed by atoms with Gasteiger partial charge in [0, 0.05) is 30.8 Å². The van der Waals surface area contributed by atoms with Crippen LogP contribution in [0.25, 0.3) is 0 Å². The van der Waals surface area contributed by atoms with Crippen LogP contribution >= 0.6 is 0 Å². The fourth-order valence-electron chi connectivity index (χ4n) is 3.22. The minimum absolute atomic E-state index is 0.251. The van der Waals surface area contributed by atoms with Crippen LogP contribution in [-0.2, 0) is 29.1 Å². The number of aromatic hydroxyl groups is 2. The summed E-state index contributed by atoms with van der Waals surface area (Å²) in [7, 11) is 0. The molecule has 0 saturated heterocycles. The molecule has 0 unspecified atom stereocenters. The molecule has 0 radical (unpaired) electrons. The summed E-state index contributed by atoms with van der Waals surface area (Å²) in [6.07, 6.45) is 2.35. The van der Waals surface area contributed by atoms with Gasteiger partial charge in [0.05, 0.1) is 13.2 Å². The zero-order valence-corrected chi connectivity index (χ0v) is 17.0.